The van der Waals surface area contributed by atoms with Crippen LogP contribution in [-0.4, -0.2) is 61.0 Å². The minimum Gasteiger partial charge on any atom is -0.343 e. The van der Waals surface area contributed by atoms with Gasteiger partial charge in [-0.1, -0.05) is 25.0 Å². The minimum absolute atomic E-state index is 0.0842. The molecule has 0 atom stereocenters. The SMILES string of the molecule is CCN(CC)C(=O)C1CCN(C(=O)C2(S(=O)(=O)c3cc(C)ccc3C)CCCC2)CC1. The fourth-order valence-corrected chi connectivity index (χ4v) is 7.60. The fraction of sp³-hybridized carbons (Fsp3) is 0.667. The summed E-state index contributed by atoms with van der Waals surface area (Å²) in [6, 6.07) is 5.42. The van der Waals surface area contributed by atoms with Crippen LogP contribution in [0, 0.1) is 19.8 Å². The summed E-state index contributed by atoms with van der Waals surface area (Å²) in [6.07, 6.45) is 3.43. The third-order valence-corrected chi connectivity index (χ3v) is 9.79. The van der Waals surface area contributed by atoms with E-state index in [1.807, 2.05) is 37.8 Å². The summed E-state index contributed by atoms with van der Waals surface area (Å²) in [4.78, 5) is 30.2. The first-order valence-corrected chi connectivity index (χ1v) is 13.1. The molecule has 2 amide bonds. The summed E-state index contributed by atoms with van der Waals surface area (Å²) in [5, 5.41) is 0. The first-order valence-electron chi connectivity index (χ1n) is 11.6. The predicted molar refractivity (Wildman–Crippen MR) is 122 cm³/mol. The second-order valence-electron chi connectivity index (χ2n) is 9.05. The second-order valence-corrected chi connectivity index (χ2v) is 11.3. The van der Waals surface area contributed by atoms with Crippen molar-refractivity contribution in [2.24, 2.45) is 5.92 Å². The maximum Gasteiger partial charge on any atom is 0.244 e. The van der Waals surface area contributed by atoms with Gasteiger partial charge in [0.1, 0.15) is 0 Å². The number of amides is 2. The topological polar surface area (TPSA) is 74.8 Å². The van der Waals surface area contributed by atoms with Crippen LogP contribution in [0.2, 0.25) is 0 Å². The summed E-state index contributed by atoms with van der Waals surface area (Å²) in [5.74, 6) is -0.200. The van der Waals surface area contributed by atoms with Gasteiger partial charge in [0.15, 0.2) is 14.6 Å². The molecule has 1 aromatic rings. The number of nitrogens with zero attached hydrogens (tertiary/aromatic N) is 2. The summed E-state index contributed by atoms with van der Waals surface area (Å²) in [6.45, 7) is 9.88. The number of carbonyl (C=O) groups is 2. The first kappa shape index (κ1) is 23.8. The van der Waals surface area contributed by atoms with E-state index < -0.39 is 14.6 Å². The average molecular weight is 449 g/mol. The molecule has 1 saturated carbocycles. The van der Waals surface area contributed by atoms with E-state index in [0.29, 0.717) is 57.4 Å². The van der Waals surface area contributed by atoms with Crippen LogP contribution >= 0.6 is 0 Å². The van der Waals surface area contributed by atoms with Crippen molar-refractivity contribution in [2.45, 2.75) is 75.9 Å². The van der Waals surface area contributed by atoms with E-state index in [-0.39, 0.29) is 22.6 Å². The van der Waals surface area contributed by atoms with Crippen molar-refractivity contribution < 1.29 is 18.0 Å². The van der Waals surface area contributed by atoms with Gasteiger partial charge in [-0.15, -0.1) is 0 Å². The third kappa shape index (κ3) is 4.26. The van der Waals surface area contributed by atoms with Crippen LogP contribution in [0.5, 0.6) is 0 Å². The molecule has 0 bridgehead atoms. The zero-order valence-electron chi connectivity index (χ0n) is 19.3. The zero-order chi connectivity index (χ0) is 22.8. The molecule has 1 saturated heterocycles. The van der Waals surface area contributed by atoms with Gasteiger partial charge >= 0.3 is 0 Å². The molecule has 172 valence electrons. The number of hydrogen-bond donors (Lipinski definition) is 0. The van der Waals surface area contributed by atoms with Crippen molar-refractivity contribution in [3.63, 3.8) is 0 Å². The van der Waals surface area contributed by atoms with Gasteiger partial charge in [0.05, 0.1) is 4.90 Å². The molecule has 0 aromatic heterocycles. The number of rotatable bonds is 6. The van der Waals surface area contributed by atoms with Gasteiger partial charge in [0.2, 0.25) is 11.8 Å². The molecular weight excluding hydrogens is 412 g/mol. The van der Waals surface area contributed by atoms with Gasteiger partial charge in [-0.3, -0.25) is 9.59 Å². The van der Waals surface area contributed by atoms with Crippen LogP contribution in [0.3, 0.4) is 0 Å². The largest absolute Gasteiger partial charge is 0.343 e. The van der Waals surface area contributed by atoms with Crippen LogP contribution in [0.15, 0.2) is 23.1 Å². The van der Waals surface area contributed by atoms with Crippen LogP contribution in [-0.2, 0) is 19.4 Å². The molecule has 0 N–H and O–H groups in total. The van der Waals surface area contributed by atoms with E-state index in [2.05, 4.69) is 0 Å². The molecule has 1 heterocycles. The van der Waals surface area contributed by atoms with Crippen molar-refractivity contribution in [3.05, 3.63) is 29.3 Å². The number of aryl methyl sites for hydroxylation is 2. The standard InChI is InChI=1S/C24H36N2O4S/c1-5-25(6-2)22(27)20-11-15-26(16-12-20)23(28)24(13-7-8-14-24)31(29,30)21-17-18(3)9-10-19(21)4/h9-10,17,20H,5-8,11-16H2,1-4H3. The van der Waals surface area contributed by atoms with Gasteiger partial charge in [0.25, 0.3) is 0 Å². The van der Waals surface area contributed by atoms with E-state index in [1.54, 1.807) is 17.9 Å². The highest BCUT2D eigenvalue weighted by molar-refractivity contribution is 7.93. The Morgan fingerprint density at radius 1 is 1.06 bits per heavy atom. The first-order chi connectivity index (χ1) is 14.7. The molecule has 0 radical (unpaired) electrons. The van der Waals surface area contributed by atoms with E-state index in [0.717, 1.165) is 18.4 Å². The lowest BCUT2D eigenvalue weighted by molar-refractivity contribution is -0.141. The Morgan fingerprint density at radius 3 is 2.19 bits per heavy atom. The summed E-state index contributed by atoms with van der Waals surface area (Å²) >= 11 is 0. The lowest BCUT2D eigenvalue weighted by Gasteiger charge is -2.38. The predicted octanol–water partition coefficient (Wildman–Crippen LogP) is 3.50. The van der Waals surface area contributed by atoms with Crippen LogP contribution < -0.4 is 0 Å². The van der Waals surface area contributed by atoms with E-state index in [1.165, 1.54) is 0 Å². The number of hydrogen-bond acceptors (Lipinski definition) is 4. The zero-order valence-corrected chi connectivity index (χ0v) is 20.1. The Morgan fingerprint density at radius 2 is 1.65 bits per heavy atom. The third-order valence-electron chi connectivity index (χ3n) is 7.16. The summed E-state index contributed by atoms with van der Waals surface area (Å²) in [5.41, 5.74) is 1.56. The Kier molecular flexibility index (Phi) is 7.14. The highest BCUT2D eigenvalue weighted by atomic mass is 32.2. The van der Waals surface area contributed by atoms with Crippen LogP contribution in [0.25, 0.3) is 0 Å². The molecule has 2 aliphatic rings. The molecule has 2 fully saturated rings. The van der Waals surface area contributed by atoms with E-state index in [9.17, 15) is 18.0 Å². The van der Waals surface area contributed by atoms with Gasteiger partial charge < -0.3 is 9.80 Å². The Bertz CT molecular complexity index is 923. The Balaban J connectivity index is 1.84. The lowest BCUT2D eigenvalue weighted by atomic mass is 9.93. The van der Waals surface area contributed by atoms with Crippen molar-refractivity contribution >= 4 is 21.7 Å². The maximum atomic E-state index is 13.8. The molecular formula is C24H36N2O4S. The maximum absolute atomic E-state index is 13.8. The normalized spacial score (nSPS) is 19.4. The lowest BCUT2D eigenvalue weighted by Crippen LogP contribution is -2.55. The van der Waals surface area contributed by atoms with E-state index >= 15 is 0 Å². The summed E-state index contributed by atoms with van der Waals surface area (Å²) in [7, 11) is -3.82. The van der Waals surface area contributed by atoms with Crippen molar-refractivity contribution in [1.82, 2.24) is 9.80 Å². The quantitative estimate of drug-likeness (QED) is 0.668. The molecule has 1 aromatic carbocycles. The highest BCUT2D eigenvalue weighted by Crippen LogP contribution is 2.43. The van der Waals surface area contributed by atoms with Crippen molar-refractivity contribution in [1.29, 1.82) is 0 Å². The molecule has 1 aliphatic heterocycles. The molecule has 0 unspecified atom stereocenters. The molecule has 3 rings (SSSR count). The molecule has 0 spiro atoms. The summed E-state index contributed by atoms with van der Waals surface area (Å²) < 4.78 is 26.3. The monoisotopic (exact) mass is 448 g/mol. The van der Waals surface area contributed by atoms with Crippen LogP contribution in [0.4, 0.5) is 0 Å². The van der Waals surface area contributed by atoms with Gasteiger partial charge in [0, 0.05) is 32.1 Å². The molecule has 7 heteroatoms. The highest BCUT2D eigenvalue weighted by Gasteiger charge is 2.55. The number of piperidine rings is 1. The van der Waals surface area contributed by atoms with Gasteiger partial charge in [-0.05, 0) is 70.6 Å². The van der Waals surface area contributed by atoms with E-state index in [4.69, 9.17) is 0 Å². The molecule has 6 nitrogen and oxygen atoms in total. The van der Waals surface area contributed by atoms with Crippen molar-refractivity contribution in [2.75, 3.05) is 26.2 Å². The molecule has 1 aliphatic carbocycles. The minimum atomic E-state index is -3.82. The van der Waals surface area contributed by atoms with Gasteiger partial charge in [-0.25, -0.2) is 8.42 Å². The average Bonchev–Trinajstić information content (AvgIpc) is 3.27. The van der Waals surface area contributed by atoms with Gasteiger partial charge in [-0.2, -0.15) is 0 Å². The second kappa shape index (κ2) is 9.31. The van der Waals surface area contributed by atoms with Crippen LogP contribution in [0.1, 0.15) is 63.5 Å². The Labute approximate surface area is 186 Å². The fourth-order valence-electron chi connectivity index (χ4n) is 5.16. The number of sulfone groups is 1. The number of likely N-dealkylation sites (tertiary alicyclic amines) is 1. The Hall–Kier alpha value is -1.89. The number of carbonyl (C=O) groups excluding carboxylic acids is 2. The smallest absolute Gasteiger partial charge is 0.244 e. The molecule has 31 heavy (non-hydrogen) atoms. The number of benzene rings is 1. The van der Waals surface area contributed by atoms with Crippen molar-refractivity contribution in [3.8, 4) is 0 Å².